The molecule has 0 saturated carbocycles. The quantitative estimate of drug-likeness (QED) is 0.830. The first kappa shape index (κ1) is 12.3. The van der Waals surface area contributed by atoms with E-state index in [0.717, 1.165) is 4.90 Å². The van der Waals surface area contributed by atoms with Crippen LogP contribution < -0.4 is 10.7 Å². The number of benzene rings is 1. The average Bonchev–Trinajstić information content (AvgIpc) is 2.88. The van der Waals surface area contributed by atoms with Crippen molar-refractivity contribution < 1.29 is 9.59 Å². The zero-order valence-electron chi connectivity index (χ0n) is 10.6. The number of para-hydroxylation sites is 1. The number of carbonyl (C=O) groups excluding carboxylic acids is 2. The number of hydrogen-bond donors (Lipinski definition) is 1. The molecule has 0 unspecified atom stereocenters. The number of amides is 3. The molecule has 1 aliphatic heterocycles. The summed E-state index contributed by atoms with van der Waals surface area (Å²) in [7, 11) is 0. The highest BCUT2D eigenvalue weighted by Crippen LogP contribution is 2.09. The van der Waals surface area contributed by atoms with Gasteiger partial charge in [0.2, 0.25) is 5.43 Å². The van der Waals surface area contributed by atoms with E-state index < -0.39 is 0 Å². The summed E-state index contributed by atoms with van der Waals surface area (Å²) >= 11 is 0. The second-order valence-electron chi connectivity index (χ2n) is 4.46. The minimum atomic E-state index is -0.389. The van der Waals surface area contributed by atoms with Gasteiger partial charge in [-0.3, -0.25) is 19.2 Å². The van der Waals surface area contributed by atoms with E-state index in [0.29, 0.717) is 24.0 Å². The Morgan fingerprint density at radius 1 is 1.30 bits per heavy atom. The van der Waals surface area contributed by atoms with Crippen LogP contribution in [0, 0.1) is 0 Å². The summed E-state index contributed by atoms with van der Waals surface area (Å²) in [6, 6.07) is 6.54. The standard InChI is InChI=1S/C13H12N4O3/c18-11-7-15-17(10-4-2-1-3-9(10)11)8-12(19)16-6-5-14-13(16)20/h1-4,7H,5-6,8H2,(H,14,20). The number of aromatic nitrogens is 2. The monoisotopic (exact) mass is 272 g/mol. The lowest BCUT2D eigenvalue weighted by Gasteiger charge is -2.14. The van der Waals surface area contributed by atoms with Crippen molar-refractivity contribution in [2.24, 2.45) is 0 Å². The third kappa shape index (κ3) is 2.03. The second-order valence-corrected chi connectivity index (χ2v) is 4.46. The largest absolute Gasteiger partial charge is 0.336 e. The van der Waals surface area contributed by atoms with Crippen LogP contribution in [0.4, 0.5) is 4.79 Å². The first-order valence-electron chi connectivity index (χ1n) is 6.20. The number of nitrogens with one attached hydrogen (secondary N) is 1. The lowest BCUT2D eigenvalue weighted by Crippen LogP contribution is -2.37. The maximum absolute atomic E-state index is 12.1. The molecule has 102 valence electrons. The third-order valence-corrected chi connectivity index (χ3v) is 3.20. The molecule has 2 heterocycles. The number of imide groups is 1. The molecule has 0 aliphatic carbocycles. The van der Waals surface area contributed by atoms with Gasteiger partial charge < -0.3 is 5.32 Å². The molecule has 20 heavy (non-hydrogen) atoms. The molecule has 0 radical (unpaired) electrons. The van der Waals surface area contributed by atoms with E-state index in [2.05, 4.69) is 10.4 Å². The number of hydrogen-bond acceptors (Lipinski definition) is 4. The SMILES string of the molecule is O=C(Cn1ncc(=O)c2ccccc21)N1CCNC1=O. The first-order chi connectivity index (χ1) is 9.66. The molecule has 7 heteroatoms. The van der Waals surface area contributed by atoms with Crippen LogP contribution in [0.1, 0.15) is 0 Å². The predicted molar refractivity (Wildman–Crippen MR) is 71.1 cm³/mol. The lowest BCUT2D eigenvalue weighted by molar-refractivity contribution is -0.128. The fourth-order valence-electron chi connectivity index (χ4n) is 2.21. The number of fused-ring (bicyclic) bond motifs is 1. The molecule has 3 amide bonds. The van der Waals surface area contributed by atoms with Gasteiger partial charge >= 0.3 is 6.03 Å². The zero-order chi connectivity index (χ0) is 14.1. The van der Waals surface area contributed by atoms with Gasteiger partial charge in [-0.15, -0.1) is 0 Å². The second kappa shape index (κ2) is 4.76. The van der Waals surface area contributed by atoms with Gasteiger partial charge in [0.05, 0.1) is 11.7 Å². The van der Waals surface area contributed by atoms with Crippen LogP contribution in [0.15, 0.2) is 35.3 Å². The van der Waals surface area contributed by atoms with Crippen LogP contribution in [0.5, 0.6) is 0 Å². The molecule has 1 saturated heterocycles. The minimum absolute atomic E-state index is 0.0752. The Hall–Kier alpha value is -2.70. The number of urea groups is 1. The van der Waals surface area contributed by atoms with Crippen molar-refractivity contribution in [3.05, 3.63) is 40.7 Å². The van der Waals surface area contributed by atoms with E-state index in [1.54, 1.807) is 24.3 Å². The first-order valence-corrected chi connectivity index (χ1v) is 6.20. The molecular weight excluding hydrogens is 260 g/mol. The molecule has 1 N–H and O–H groups in total. The molecule has 0 atom stereocenters. The van der Waals surface area contributed by atoms with Gasteiger partial charge in [0.1, 0.15) is 6.54 Å². The van der Waals surface area contributed by atoms with Crippen molar-refractivity contribution in [2.75, 3.05) is 13.1 Å². The summed E-state index contributed by atoms with van der Waals surface area (Å²) in [4.78, 5) is 36.4. The summed E-state index contributed by atoms with van der Waals surface area (Å²) in [5, 5.41) is 7.04. The molecule has 1 aromatic carbocycles. The molecule has 7 nitrogen and oxygen atoms in total. The Morgan fingerprint density at radius 2 is 2.10 bits per heavy atom. The smallest absolute Gasteiger partial charge is 0.324 e. The van der Waals surface area contributed by atoms with Gasteiger partial charge in [-0.25, -0.2) is 4.79 Å². The van der Waals surface area contributed by atoms with Gasteiger partial charge in [-0.1, -0.05) is 12.1 Å². The summed E-state index contributed by atoms with van der Waals surface area (Å²) in [6.45, 7) is 0.743. The highest BCUT2D eigenvalue weighted by Gasteiger charge is 2.26. The van der Waals surface area contributed by atoms with Crippen LogP contribution >= 0.6 is 0 Å². The summed E-state index contributed by atoms with van der Waals surface area (Å²) in [6.07, 6.45) is 1.18. The van der Waals surface area contributed by atoms with Crippen molar-refractivity contribution in [1.29, 1.82) is 0 Å². The zero-order valence-corrected chi connectivity index (χ0v) is 10.6. The topological polar surface area (TPSA) is 84.3 Å². The summed E-state index contributed by atoms with van der Waals surface area (Å²) in [5.41, 5.74) is 0.385. The third-order valence-electron chi connectivity index (χ3n) is 3.20. The molecule has 0 spiro atoms. The Balaban J connectivity index is 1.95. The number of carbonyl (C=O) groups is 2. The van der Waals surface area contributed by atoms with E-state index in [1.165, 1.54) is 10.9 Å². The normalized spacial score (nSPS) is 14.6. The highest BCUT2D eigenvalue weighted by atomic mass is 16.2. The van der Waals surface area contributed by atoms with Gasteiger partial charge in [0.25, 0.3) is 5.91 Å². The van der Waals surface area contributed by atoms with Crippen LogP contribution in [-0.4, -0.2) is 39.7 Å². The van der Waals surface area contributed by atoms with E-state index in [-0.39, 0.29) is 23.9 Å². The summed E-state index contributed by atoms with van der Waals surface area (Å²) in [5.74, 6) is -0.346. The van der Waals surface area contributed by atoms with E-state index in [1.807, 2.05) is 0 Å². The molecule has 0 bridgehead atoms. The minimum Gasteiger partial charge on any atom is -0.336 e. The Kier molecular flexibility index (Phi) is 2.94. The van der Waals surface area contributed by atoms with Crippen LogP contribution in [0.25, 0.3) is 10.9 Å². The average molecular weight is 272 g/mol. The highest BCUT2D eigenvalue weighted by molar-refractivity contribution is 5.96. The van der Waals surface area contributed by atoms with E-state index >= 15 is 0 Å². The number of nitrogens with zero attached hydrogens (tertiary/aromatic N) is 3. The van der Waals surface area contributed by atoms with Gasteiger partial charge in [-0.05, 0) is 12.1 Å². The molecular formula is C13H12N4O3. The maximum Gasteiger partial charge on any atom is 0.324 e. The predicted octanol–water partition coefficient (Wildman–Crippen LogP) is -0.0517. The maximum atomic E-state index is 12.1. The van der Waals surface area contributed by atoms with Gasteiger partial charge in [0.15, 0.2) is 0 Å². The summed E-state index contributed by atoms with van der Waals surface area (Å²) < 4.78 is 1.44. The van der Waals surface area contributed by atoms with Crippen LogP contribution in [-0.2, 0) is 11.3 Å². The van der Waals surface area contributed by atoms with Crippen molar-refractivity contribution in [3.8, 4) is 0 Å². The van der Waals surface area contributed by atoms with Crippen LogP contribution in [0.3, 0.4) is 0 Å². The van der Waals surface area contributed by atoms with Crippen molar-refractivity contribution in [1.82, 2.24) is 20.0 Å². The molecule has 1 fully saturated rings. The van der Waals surface area contributed by atoms with Gasteiger partial charge in [-0.2, -0.15) is 5.10 Å². The van der Waals surface area contributed by atoms with E-state index in [9.17, 15) is 14.4 Å². The fraction of sp³-hybridized carbons (Fsp3) is 0.231. The Bertz CT molecular complexity index is 753. The molecule has 2 aromatic rings. The molecule has 3 rings (SSSR count). The Labute approximate surface area is 113 Å². The van der Waals surface area contributed by atoms with Crippen molar-refractivity contribution in [2.45, 2.75) is 6.54 Å². The van der Waals surface area contributed by atoms with E-state index in [4.69, 9.17) is 0 Å². The van der Waals surface area contributed by atoms with Gasteiger partial charge in [0, 0.05) is 18.5 Å². The molecule has 1 aromatic heterocycles. The lowest BCUT2D eigenvalue weighted by atomic mass is 10.2. The van der Waals surface area contributed by atoms with Crippen molar-refractivity contribution >= 4 is 22.8 Å². The fourth-order valence-corrected chi connectivity index (χ4v) is 2.21. The van der Waals surface area contributed by atoms with Crippen LogP contribution in [0.2, 0.25) is 0 Å². The Morgan fingerprint density at radius 3 is 2.85 bits per heavy atom. The molecule has 1 aliphatic rings. The number of rotatable bonds is 2. The van der Waals surface area contributed by atoms with Crippen molar-refractivity contribution in [3.63, 3.8) is 0 Å².